The van der Waals surface area contributed by atoms with Crippen LogP contribution in [0.1, 0.15) is 28.3 Å². The van der Waals surface area contributed by atoms with E-state index >= 15 is 0 Å². The average Bonchev–Trinajstić information content (AvgIpc) is 2.95. The molecule has 124 valence electrons. The van der Waals surface area contributed by atoms with Crippen LogP contribution in [0.25, 0.3) is 0 Å². The van der Waals surface area contributed by atoms with Crippen molar-refractivity contribution in [2.75, 3.05) is 6.54 Å². The van der Waals surface area contributed by atoms with Gasteiger partial charge in [-0.1, -0.05) is 11.6 Å². The summed E-state index contributed by atoms with van der Waals surface area (Å²) < 4.78 is 3.01. The van der Waals surface area contributed by atoms with Gasteiger partial charge >= 0.3 is 5.69 Å². The molecule has 0 aliphatic rings. The number of aromatic nitrogens is 4. The summed E-state index contributed by atoms with van der Waals surface area (Å²) in [6.45, 7) is 4.29. The van der Waals surface area contributed by atoms with Gasteiger partial charge in [0.2, 0.25) is 5.69 Å². The molecule has 0 bridgehead atoms. The van der Waals surface area contributed by atoms with Crippen molar-refractivity contribution in [3.05, 3.63) is 38.4 Å². The number of nitrogens with one attached hydrogen (secondary N) is 1. The first-order chi connectivity index (χ1) is 10.8. The number of carbonyl (C=O) groups excluding carboxylic acids is 1. The molecule has 0 radical (unpaired) electrons. The van der Waals surface area contributed by atoms with Crippen molar-refractivity contribution in [1.82, 2.24) is 24.9 Å². The van der Waals surface area contributed by atoms with Gasteiger partial charge in [0.15, 0.2) is 0 Å². The molecule has 0 atom stereocenters. The van der Waals surface area contributed by atoms with Crippen molar-refractivity contribution < 1.29 is 9.72 Å². The zero-order valence-corrected chi connectivity index (χ0v) is 13.8. The van der Waals surface area contributed by atoms with Crippen LogP contribution in [0.5, 0.6) is 0 Å². The molecule has 23 heavy (non-hydrogen) atoms. The molecule has 0 aliphatic carbocycles. The second-order valence-electron chi connectivity index (χ2n) is 5.10. The van der Waals surface area contributed by atoms with E-state index in [1.165, 1.54) is 4.68 Å². The summed E-state index contributed by atoms with van der Waals surface area (Å²) in [6.07, 6.45) is 2.33. The van der Waals surface area contributed by atoms with Crippen LogP contribution < -0.4 is 5.32 Å². The summed E-state index contributed by atoms with van der Waals surface area (Å²) in [7, 11) is 1.56. The van der Waals surface area contributed by atoms with Crippen LogP contribution in [0.2, 0.25) is 5.02 Å². The van der Waals surface area contributed by atoms with E-state index in [1.54, 1.807) is 24.9 Å². The molecule has 2 aromatic rings. The third-order valence-electron chi connectivity index (χ3n) is 3.44. The van der Waals surface area contributed by atoms with Gasteiger partial charge in [-0.2, -0.15) is 10.2 Å². The molecule has 0 saturated carbocycles. The Morgan fingerprint density at radius 1 is 1.43 bits per heavy atom. The second-order valence-corrected chi connectivity index (χ2v) is 5.51. The number of nitrogens with zero attached hydrogens (tertiary/aromatic N) is 5. The average molecular weight is 341 g/mol. The van der Waals surface area contributed by atoms with Gasteiger partial charge in [-0.15, -0.1) is 0 Å². The molecule has 2 heterocycles. The van der Waals surface area contributed by atoms with E-state index in [9.17, 15) is 14.9 Å². The first kappa shape index (κ1) is 16.9. The van der Waals surface area contributed by atoms with Crippen LogP contribution in [0.4, 0.5) is 5.69 Å². The number of aryl methyl sites for hydroxylation is 3. The minimum absolute atomic E-state index is 0.173. The molecule has 2 aromatic heterocycles. The van der Waals surface area contributed by atoms with E-state index in [4.69, 9.17) is 11.6 Å². The Labute approximate surface area is 137 Å². The smallest absolute Gasteiger partial charge is 0.322 e. The lowest BCUT2D eigenvalue weighted by molar-refractivity contribution is -0.385. The molecule has 10 heteroatoms. The van der Waals surface area contributed by atoms with Crippen molar-refractivity contribution in [2.45, 2.75) is 26.8 Å². The zero-order valence-electron chi connectivity index (χ0n) is 13.0. The van der Waals surface area contributed by atoms with Gasteiger partial charge < -0.3 is 5.32 Å². The molecule has 0 aromatic carbocycles. The highest BCUT2D eigenvalue weighted by atomic mass is 35.5. The van der Waals surface area contributed by atoms with Gasteiger partial charge in [0, 0.05) is 26.3 Å². The fraction of sp³-hybridized carbons (Fsp3) is 0.462. The van der Waals surface area contributed by atoms with Gasteiger partial charge in [0.1, 0.15) is 5.69 Å². The molecule has 0 fully saturated rings. The Hall–Kier alpha value is -2.42. The highest BCUT2D eigenvalue weighted by molar-refractivity contribution is 6.31. The minimum Gasteiger partial charge on any atom is -0.350 e. The van der Waals surface area contributed by atoms with Crippen molar-refractivity contribution in [1.29, 1.82) is 0 Å². The molecule has 1 N–H and O–H groups in total. The van der Waals surface area contributed by atoms with Crippen molar-refractivity contribution in [3.63, 3.8) is 0 Å². The normalized spacial score (nSPS) is 10.8. The lowest BCUT2D eigenvalue weighted by atomic mass is 10.3. The highest BCUT2D eigenvalue weighted by Crippen LogP contribution is 2.21. The summed E-state index contributed by atoms with van der Waals surface area (Å²) in [5.41, 5.74) is 0.643. The Morgan fingerprint density at radius 3 is 2.70 bits per heavy atom. The number of hydrogen-bond donors (Lipinski definition) is 1. The SMILES string of the molecule is Cc1nn(CCCNC(=O)c2nn(C)c(C)c2[N+](=O)[O-])cc1Cl. The predicted octanol–water partition coefficient (Wildman–Crippen LogP) is 1.62. The predicted molar refractivity (Wildman–Crippen MR) is 83.5 cm³/mol. The fourth-order valence-electron chi connectivity index (χ4n) is 2.10. The van der Waals surface area contributed by atoms with E-state index in [0.29, 0.717) is 30.2 Å². The quantitative estimate of drug-likeness (QED) is 0.488. The zero-order chi connectivity index (χ0) is 17.1. The summed E-state index contributed by atoms with van der Waals surface area (Å²) in [5.74, 6) is -0.560. The number of amides is 1. The van der Waals surface area contributed by atoms with Crippen molar-refractivity contribution >= 4 is 23.2 Å². The van der Waals surface area contributed by atoms with E-state index in [2.05, 4.69) is 15.5 Å². The lowest BCUT2D eigenvalue weighted by Crippen LogP contribution is -2.26. The molecular formula is C13H17ClN6O3. The molecule has 0 saturated heterocycles. The molecule has 9 nitrogen and oxygen atoms in total. The molecule has 2 rings (SSSR count). The Balaban J connectivity index is 1.93. The molecule has 0 spiro atoms. The molecular weight excluding hydrogens is 324 g/mol. The summed E-state index contributed by atoms with van der Waals surface area (Å²) in [4.78, 5) is 22.5. The maximum absolute atomic E-state index is 12.1. The highest BCUT2D eigenvalue weighted by Gasteiger charge is 2.28. The number of halogens is 1. The third-order valence-corrected chi connectivity index (χ3v) is 3.81. The monoisotopic (exact) mass is 340 g/mol. The Kier molecular flexibility index (Phi) is 4.99. The minimum atomic E-state index is -0.592. The fourth-order valence-corrected chi connectivity index (χ4v) is 2.25. The summed E-state index contributed by atoms with van der Waals surface area (Å²) in [6, 6.07) is 0. The Bertz CT molecular complexity index is 732. The maximum Gasteiger partial charge on any atom is 0.322 e. The largest absolute Gasteiger partial charge is 0.350 e. The van der Waals surface area contributed by atoms with Gasteiger partial charge in [0.25, 0.3) is 5.91 Å². The van der Waals surface area contributed by atoms with Crippen LogP contribution in [-0.2, 0) is 13.6 Å². The van der Waals surface area contributed by atoms with E-state index in [-0.39, 0.29) is 11.4 Å². The summed E-state index contributed by atoms with van der Waals surface area (Å²) >= 11 is 5.91. The van der Waals surface area contributed by atoms with Crippen LogP contribution in [0.3, 0.4) is 0 Å². The van der Waals surface area contributed by atoms with E-state index < -0.39 is 10.8 Å². The number of rotatable bonds is 6. The lowest BCUT2D eigenvalue weighted by Gasteiger charge is -2.03. The van der Waals surface area contributed by atoms with Crippen molar-refractivity contribution in [2.24, 2.45) is 7.05 Å². The maximum atomic E-state index is 12.1. The van der Waals surface area contributed by atoms with Gasteiger partial charge in [-0.05, 0) is 20.3 Å². The van der Waals surface area contributed by atoms with E-state index in [0.717, 1.165) is 5.69 Å². The number of carbonyl (C=O) groups is 1. The molecule has 0 unspecified atom stereocenters. The number of hydrogen-bond acceptors (Lipinski definition) is 5. The second kappa shape index (κ2) is 6.78. The van der Waals surface area contributed by atoms with Crippen LogP contribution in [0, 0.1) is 24.0 Å². The first-order valence-electron chi connectivity index (χ1n) is 6.97. The van der Waals surface area contributed by atoms with Crippen LogP contribution in [-0.4, -0.2) is 36.9 Å². The summed E-state index contributed by atoms with van der Waals surface area (Å²) in [5, 5.41) is 22.4. The molecule has 1 amide bonds. The first-order valence-corrected chi connectivity index (χ1v) is 7.34. The van der Waals surface area contributed by atoms with E-state index in [1.807, 2.05) is 6.92 Å². The van der Waals surface area contributed by atoms with Gasteiger partial charge in [-0.3, -0.25) is 24.3 Å². The van der Waals surface area contributed by atoms with Crippen LogP contribution >= 0.6 is 11.6 Å². The van der Waals surface area contributed by atoms with Gasteiger partial charge in [0.05, 0.1) is 15.6 Å². The Morgan fingerprint density at radius 2 is 2.13 bits per heavy atom. The standard InChI is InChI=1S/C13H17ClN6O3/c1-8-10(14)7-19(16-8)6-4-5-15-13(21)11-12(20(22)23)9(2)18(3)17-11/h7H,4-6H2,1-3H3,(H,15,21). The third kappa shape index (κ3) is 3.67. The van der Waals surface area contributed by atoms with Crippen molar-refractivity contribution in [3.8, 4) is 0 Å². The topological polar surface area (TPSA) is 108 Å². The molecule has 0 aliphatic heterocycles. The number of nitro groups is 1. The van der Waals surface area contributed by atoms with Gasteiger partial charge in [-0.25, -0.2) is 0 Å². The van der Waals surface area contributed by atoms with Crippen LogP contribution in [0.15, 0.2) is 6.20 Å².